The molecule has 2 aromatic carbocycles. The molecule has 3 rings (SSSR count). The molecule has 0 amide bonds. The molecule has 7 heteroatoms. The molecule has 24 heavy (non-hydrogen) atoms. The summed E-state index contributed by atoms with van der Waals surface area (Å²) in [4.78, 5) is 11.4. The summed E-state index contributed by atoms with van der Waals surface area (Å²) in [5, 5.41) is 4.11. The number of carbonyl (C=O) groups is 1. The topological polar surface area (TPSA) is 81.1 Å². The van der Waals surface area contributed by atoms with Gasteiger partial charge in [-0.1, -0.05) is 12.1 Å². The smallest absolute Gasteiger partial charge is 0.261 e. The molecule has 0 aliphatic heterocycles. The number of anilines is 1. The highest BCUT2D eigenvalue weighted by molar-refractivity contribution is 7.92. The van der Waals surface area contributed by atoms with Crippen LogP contribution in [0.5, 0.6) is 0 Å². The Morgan fingerprint density at radius 1 is 1.04 bits per heavy atom. The number of nitrogens with one attached hydrogen (secondary N) is 1. The fraction of sp³-hybridized carbons (Fsp3) is 0.0588. The lowest BCUT2D eigenvalue weighted by Crippen LogP contribution is -2.13. The fourth-order valence-corrected chi connectivity index (χ4v) is 3.25. The summed E-state index contributed by atoms with van der Waals surface area (Å²) in [6, 6.07) is 14.5. The molecule has 1 aromatic heterocycles. The van der Waals surface area contributed by atoms with Crippen LogP contribution in [0.25, 0.3) is 5.69 Å². The number of hydrogen-bond acceptors (Lipinski definition) is 4. The van der Waals surface area contributed by atoms with Crippen LogP contribution in [0.1, 0.15) is 17.3 Å². The molecule has 0 unspecified atom stereocenters. The summed E-state index contributed by atoms with van der Waals surface area (Å²) in [5.74, 6) is -0.110. The highest BCUT2D eigenvalue weighted by Gasteiger charge is 2.14. The van der Waals surface area contributed by atoms with Crippen LogP contribution in [0.4, 0.5) is 5.69 Å². The zero-order valence-electron chi connectivity index (χ0n) is 12.9. The van der Waals surface area contributed by atoms with Gasteiger partial charge in [0.05, 0.1) is 10.6 Å². The fourth-order valence-electron chi connectivity index (χ4n) is 2.19. The highest BCUT2D eigenvalue weighted by atomic mass is 32.2. The lowest BCUT2D eigenvalue weighted by Gasteiger charge is -2.09. The standard InChI is InChI=1S/C17H15N3O3S/c1-13(21)14-3-9-17(10-4-14)24(22,23)19-15-5-7-16(8-6-15)20-12-2-11-18-20/h2-12,19H,1H3. The first-order valence-electron chi connectivity index (χ1n) is 7.20. The van der Waals surface area contributed by atoms with Gasteiger partial charge in [-0.2, -0.15) is 5.10 Å². The van der Waals surface area contributed by atoms with E-state index in [1.165, 1.54) is 31.2 Å². The molecule has 0 saturated heterocycles. The Morgan fingerprint density at radius 3 is 2.25 bits per heavy atom. The number of rotatable bonds is 5. The van der Waals surface area contributed by atoms with Gasteiger partial charge in [0.15, 0.2) is 5.78 Å². The molecule has 0 aliphatic carbocycles. The third-order valence-electron chi connectivity index (χ3n) is 3.46. The average molecular weight is 341 g/mol. The van der Waals surface area contributed by atoms with Gasteiger partial charge in [-0.05, 0) is 49.4 Å². The lowest BCUT2D eigenvalue weighted by atomic mass is 10.2. The van der Waals surface area contributed by atoms with Crippen molar-refractivity contribution in [1.82, 2.24) is 9.78 Å². The number of benzene rings is 2. The van der Waals surface area contributed by atoms with E-state index in [4.69, 9.17) is 0 Å². The van der Waals surface area contributed by atoms with Gasteiger partial charge in [0.2, 0.25) is 0 Å². The molecule has 0 fully saturated rings. The number of aromatic nitrogens is 2. The van der Waals surface area contributed by atoms with Gasteiger partial charge in [0, 0.05) is 23.6 Å². The van der Waals surface area contributed by atoms with Crippen molar-refractivity contribution in [2.75, 3.05) is 4.72 Å². The SMILES string of the molecule is CC(=O)c1ccc(S(=O)(=O)Nc2ccc(-n3cccn3)cc2)cc1. The summed E-state index contributed by atoms with van der Waals surface area (Å²) >= 11 is 0. The third-order valence-corrected chi connectivity index (χ3v) is 4.86. The number of carbonyl (C=O) groups excluding carboxylic acids is 1. The van der Waals surface area contributed by atoms with E-state index in [2.05, 4.69) is 9.82 Å². The van der Waals surface area contributed by atoms with Crippen LogP contribution in [-0.4, -0.2) is 24.0 Å². The minimum Gasteiger partial charge on any atom is -0.295 e. The first-order chi connectivity index (χ1) is 11.5. The quantitative estimate of drug-likeness (QED) is 0.724. The van der Waals surface area contributed by atoms with E-state index in [0.29, 0.717) is 11.3 Å². The summed E-state index contributed by atoms with van der Waals surface area (Å²) in [6.45, 7) is 1.43. The normalized spacial score (nSPS) is 11.2. The molecule has 0 radical (unpaired) electrons. The van der Waals surface area contributed by atoms with E-state index in [1.807, 2.05) is 0 Å². The van der Waals surface area contributed by atoms with Crippen molar-refractivity contribution in [3.8, 4) is 5.69 Å². The van der Waals surface area contributed by atoms with Crippen molar-refractivity contribution >= 4 is 21.5 Å². The van der Waals surface area contributed by atoms with Crippen molar-refractivity contribution < 1.29 is 13.2 Å². The van der Waals surface area contributed by atoms with Gasteiger partial charge in [-0.3, -0.25) is 9.52 Å². The van der Waals surface area contributed by atoms with Crippen molar-refractivity contribution in [3.63, 3.8) is 0 Å². The van der Waals surface area contributed by atoms with Crippen LogP contribution in [0.2, 0.25) is 0 Å². The minimum atomic E-state index is -3.71. The zero-order valence-corrected chi connectivity index (χ0v) is 13.7. The van der Waals surface area contributed by atoms with Crippen LogP contribution in [0.3, 0.4) is 0 Å². The summed E-state index contributed by atoms with van der Waals surface area (Å²) in [7, 11) is -3.71. The number of sulfonamides is 1. The third kappa shape index (κ3) is 3.36. The monoisotopic (exact) mass is 341 g/mol. The summed E-state index contributed by atoms with van der Waals surface area (Å²) in [6.07, 6.45) is 3.47. The van der Waals surface area contributed by atoms with Gasteiger partial charge in [0.25, 0.3) is 10.0 Å². The van der Waals surface area contributed by atoms with Crippen molar-refractivity contribution in [1.29, 1.82) is 0 Å². The van der Waals surface area contributed by atoms with Crippen molar-refractivity contribution in [2.45, 2.75) is 11.8 Å². The summed E-state index contributed by atoms with van der Waals surface area (Å²) in [5.41, 5.74) is 1.74. The predicted octanol–water partition coefficient (Wildman–Crippen LogP) is 2.88. The zero-order chi connectivity index (χ0) is 17.2. The predicted molar refractivity (Wildman–Crippen MR) is 90.8 cm³/mol. The molecule has 122 valence electrons. The second kappa shape index (κ2) is 6.29. The van der Waals surface area contributed by atoms with Gasteiger partial charge < -0.3 is 0 Å². The molecule has 1 heterocycles. The number of hydrogen-bond donors (Lipinski definition) is 1. The molecule has 1 N–H and O–H groups in total. The van der Waals surface area contributed by atoms with Crippen molar-refractivity contribution in [3.05, 3.63) is 72.6 Å². The number of Topliss-reactive ketones (excluding diaryl/α,β-unsaturated/α-hetero) is 1. The molecule has 0 bridgehead atoms. The van der Waals surface area contributed by atoms with E-state index in [9.17, 15) is 13.2 Å². The second-order valence-electron chi connectivity index (χ2n) is 5.18. The molecule has 0 aliphatic rings. The van der Waals surface area contributed by atoms with Gasteiger partial charge >= 0.3 is 0 Å². The van der Waals surface area contributed by atoms with Crippen LogP contribution < -0.4 is 4.72 Å². The molecule has 3 aromatic rings. The van der Waals surface area contributed by atoms with Gasteiger partial charge in [-0.25, -0.2) is 13.1 Å². The minimum absolute atomic E-state index is 0.101. The van der Waals surface area contributed by atoms with E-state index < -0.39 is 10.0 Å². The van der Waals surface area contributed by atoms with E-state index in [1.54, 1.807) is 47.4 Å². The van der Waals surface area contributed by atoms with Crippen LogP contribution in [0, 0.1) is 0 Å². The van der Waals surface area contributed by atoms with E-state index in [-0.39, 0.29) is 10.7 Å². The Morgan fingerprint density at radius 2 is 1.71 bits per heavy atom. The van der Waals surface area contributed by atoms with Crippen LogP contribution in [-0.2, 0) is 10.0 Å². The molecule has 6 nitrogen and oxygen atoms in total. The van der Waals surface area contributed by atoms with E-state index in [0.717, 1.165) is 5.69 Å². The molecular weight excluding hydrogens is 326 g/mol. The highest BCUT2D eigenvalue weighted by Crippen LogP contribution is 2.18. The largest absolute Gasteiger partial charge is 0.295 e. The maximum atomic E-state index is 12.4. The van der Waals surface area contributed by atoms with Gasteiger partial charge in [0.1, 0.15) is 0 Å². The number of ketones is 1. The van der Waals surface area contributed by atoms with Crippen LogP contribution >= 0.6 is 0 Å². The maximum Gasteiger partial charge on any atom is 0.261 e. The Labute approximate surface area is 139 Å². The molecule has 0 atom stereocenters. The summed E-state index contributed by atoms with van der Waals surface area (Å²) < 4.78 is 29.0. The Bertz CT molecular complexity index is 945. The molecule has 0 saturated carbocycles. The maximum absolute atomic E-state index is 12.4. The van der Waals surface area contributed by atoms with Crippen molar-refractivity contribution in [2.24, 2.45) is 0 Å². The second-order valence-corrected chi connectivity index (χ2v) is 6.87. The van der Waals surface area contributed by atoms with E-state index >= 15 is 0 Å². The Hall–Kier alpha value is -2.93. The molecular formula is C17H15N3O3S. The number of nitrogens with zero attached hydrogens (tertiary/aromatic N) is 2. The first kappa shape index (κ1) is 15.9. The molecule has 0 spiro atoms. The van der Waals surface area contributed by atoms with Crippen LogP contribution in [0.15, 0.2) is 71.9 Å². The Kier molecular flexibility index (Phi) is 4.18. The lowest BCUT2D eigenvalue weighted by molar-refractivity contribution is 0.101. The average Bonchev–Trinajstić information content (AvgIpc) is 3.10. The Balaban J connectivity index is 1.80. The first-order valence-corrected chi connectivity index (χ1v) is 8.68. The van der Waals surface area contributed by atoms with Gasteiger partial charge in [-0.15, -0.1) is 0 Å².